The number of urea groups is 1. The summed E-state index contributed by atoms with van der Waals surface area (Å²) < 4.78 is 22.1. The zero-order valence-electron chi connectivity index (χ0n) is 11.5. The first-order valence-corrected chi connectivity index (χ1v) is 8.57. The van der Waals surface area contributed by atoms with Crippen molar-refractivity contribution in [2.45, 2.75) is 39.2 Å². The Balaban J connectivity index is 2.34. The Morgan fingerprint density at radius 1 is 1.50 bits per heavy atom. The number of hydrogen-bond donors (Lipinski definition) is 1. The van der Waals surface area contributed by atoms with Crippen LogP contribution in [-0.4, -0.2) is 50.5 Å². The third kappa shape index (κ3) is 5.71. The van der Waals surface area contributed by atoms with Gasteiger partial charge in [-0.3, -0.25) is 0 Å². The second-order valence-electron chi connectivity index (χ2n) is 5.46. The van der Waals surface area contributed by atoms with E-state index in [4.69, 9.17) is 0 Å². The summed E-state index contributed by atoms with van der Waals surface area (Å²) in [5.41, 5.74) is 0. The summed E-state index contributed by atoms with van der Waals surface area (Å²) in [5.74, 6) is 0.668. The van der Waals surface area contributed by atoms with Crippen molar-refractivity contribution < 1.29 is 13.2 Å². The Kier molecular flexibility index (Phi) is 5.44. The summed E-state index contributed by atoms with van der Waals surface area (Å²) in [4.78, 5) is 13.8. The Bertz CT molecular complexity index is 381. The van der Waals surface area contributed by atoms with Gasteiger partial charge in [0.25, 0.3) is 0 Å². The zero-order valence-corrected chi connectivity index (χ0v) is 12.3. The number of likely N-dealkylation sites (tertiary alicyclic amines) is 1. The molecule has 106 valence electrons. The molecule has 1 aliphatic rings. The van der Waals surface area contributed by atoms with E-state index in [2.05, 4.69) is 12.2 Å². The van der Waals surface area contributed by atoms with E-state index in [9.17, 15) is 13.2 Å². The van der Waals surface area contributed by atoms with Crippen molar-refractivity contribution in [3.8, 4) is 0 Å². The number of carbonyl (C=O) groups is 1. The second-order valence-corrected chi connectivity index (χ2v) is 7.72. The summed E-state index contributed by atoms with van der Waals surface area (Å²) >= 11 is 0. The third-order valence-electron chi connectivity index (χ3n) is 3.24. The molecule has 1 saturated heterocycles. The molecule has 1 heterocycles. The Hall–Kier alpha value is -0.780. The highest BCUT2D eigenvalue weighted by Gasteiger charge is 2.21. The molecular formula is C12H24N2O3S. The lowest BCUT2D eigenvalue weighted by Crippen LogP contribution is -2.47. The van der Waals surface area contributed by atoms with E-state index in [1.165, 1.54) is 12.7 Å². The van der Waals surface area contributed by atoms with Crippen LogP contribution in [0.2, 0.25) is 0 Å². The molecule has 0 spiro atoms. The van der Waals surface area contributed by atoms with Crippen LogP contribution in [-0.2, 0) is 9.84 Å². The van der Waals surface area contributed by atoms with Crippen LogP contribution in [0.3, 0.4) is 0 Å². The van der Waals surface area contributed by atoms with Gasteiger partial charge in [-0.2, -0.15) is 0 Å². The predicted octanol–water partition coefficient (Wildman–Crippen LogP) is 1.25. The fourth-order valence-electron chi connectivity index (χ4n) is 2.14. The van der Waals surface area contributed by atoms with E-state index in [1.54, 1.807) is 0 Å². The van der Waals surface area contributed by atoms with Crippen LogP contribution < -0.4 is 5.32 Å². The van der Waals surface area contributed by atoms with E-state index in [-0.39, 0.29) is 17.8 Å². The summed E-state index contributed by atoms with van der Waals surface area (Å²) in [6.45, 7) is 5.59. The van der Waals surface area contributed by atoms with Crippen molar-refractivity contribution in [1.82, 2.24) is 10.2 Å². The number of rotatable bonds is 4. The molecule has 1 rings (SSSR count). The van der Waals surface area contributed by atoms with Crippen LogP contribution in [0.25, 0.3) is 0 Å². The average molecular weight is 276 g/mol. The smallest absolute Gasteiger partial charge is 0.317 e. The van der Waals surface area contributed by atoms with E-state index in [0.717, 1.165) is 19.5 Å². The van der Waals surface area contributed by atoms with Crippen molar-refractivity contribution in [2.75, 3.05) is 25.1 Å². The molecule has 1 N–H and O–H groups in total. The highest BCUT2D eigenvalue weighted by Crippen LogP contribution is 2.15. The Morgan fingerprint density at radius 2 is 2.17 bits per heavy atom. The van der Waals surface area contributed by atoms with Gasteiger partial charge >= 0.3 is 6.03 Å². The van der Waals surface area contributed by atoms with Gasteiger partial charge in [-0.1, -0.05) is 6.92 Å². The van der Waals surface area contributed by atoms with Crippen molar-refractivity contribution in [3.05, 3.63) is 0 Å². The average Bonchev–Trinajstić information content (AvgIpc) is 2.25. The molecule has 0 unspecified atom stereocenters. The van der Waals surface area contributed by atoms with Gasteiger partial charge in [-0.25, -0.2) is 13.2 Å². The van der Waals surface area contributed by atoms with Gasteiger partial charge in [-0.15, -0.1) is 0 Å². The lowest BCUT2D eigenvalue weighted by Gasteiger charge is -2.32. The quantitative estimate of drug-likeness (QED) is 0.840. The number of nitrogens with one attached hydrogen (secondary N) is 1. The minimum atomic E-state index is -2.95. The number of sulfone groups is 1. The molecule has 18 heavy (non-hydrogen) atoms. The molecule has 0 saturated carbocycles. The fourth-order valence-corrected chi connectivity index (χ4v) is 2.92. The van der Waals surface area contributed by atoms with Crippen LogP contribution in [0, 0.1) is 5.92 Å². The van der Waals surface area contributed by atoms with Crippen molar-refractivity contribution in [1.29, 1.82) is 0 Å². The molecule has 0 aromatic carbocycles. The summed E-state index contributed by atoms with van der Waals surface area (Å²) in [6.07, 6.45) is 3.90. The maximum atomic E-state index is 11.9. The highest BCUT2D eigenvalue weighted by atomic mass is 32.2. The standard InChI is InChI=1S/C12H24N2O3S/c1-10-5-4-7-14(9-10)12(15)13-11(2)6-8-18(3,16)17/h10-11H,4-9H2,1-3H3,(H,13,15)/t10-,11+/m1/s1. The lowest BCUT2D eigenvalue weighted by atomic mass is 10.0. The molecule has 0 aromatic rings. The molecule has 1 aliphatic heterocycles. The van der Waals surface area contributed by atoms with Crippen LogP contribution in [0.5, 0.6) is 0 Å². The number of hydrogen-bond acceptors (Lipinski definition) is 3. The molecular weight excluding hydrogens is 252 g/mol. The van der Waals surface area contributed by atoms with Gasteiger partial charge in [0.1, 0.15) is 9.84 Å². The summed E-state index contributed by atoms with van der Waals surface area (Å²) in [7, 11) is -2.95. The first-order chi connectivity index (χ1) is 8.28. The molecule has 6 heteroatoms. The van der Waals surface area contributed by atoms with E-state index in [0.29, 0.717) is 12.3 Å². The lowest BCUT2D eigenvalue weighted by molar-refractivity contribution is 0.167. The first kappa shape index (κ1) is 15.3. The molecule has 1 fully saturated rings. The molecule has 2 atom stereocenters. The minimum absolute atomic E-state index is 0.0671. The van der Waals surface area contributed by atoms with Gasteiger partial charge < -0.3 is 10.2 Å². The number of nitrogens with zero attached hydrogens (tertiary/aromatic N) is 1. The highest BCUT2D eigenvalue weighted by molar-refractivity contribution is 7.90. The second kappa shape index (κ2) is 6.41. The van der Waals surface area contributed by atoms with Crippen molar-refractivity contribution in [2.24, 2.45) is 5.92 Å². The zero-order chi connectivity index (χ0) is 13.8. The van der Waals surface area contributed by atoms with Gasteiger partial charge in [0, 0.05) is 25.4 Å². The summed E-state index contributed by atoms with van der Waals surface area (Å²) in [6, 6.07) is -0.174. The van der Waals surface area contributed by atoms with Gasteiger partial charge in [0.15, 0.2) is 0 Å². The normalized spacial score (nSPS) is 22.6. The fraction of sp³-hybridized carbons (Fsp3) is 0.917. The monoisotopic (exact) mass is 276 g/mol. The summed E-state index contributed by atoms with van der Waals surface area (Å²) in [5, 5.41) is 2.87. The van der Waals surface area contributed by atoms with Gasteiger partial charge in [0.05, 0.1) is 5.75 Å². The van der Waals surface area contributed by atoms with Crippen LogP contribution in [0.1, 0.15) is 33.1 Å². The molecule has 0 aromatic heterocycles. The number of carbonyl (C=O) groups excluding carboxylic acids is 1. The first-order valence-electron chi connectivity index (χ1n) is 6.51. The maximum absolute atomic E-state index is 11.9. The molecule has 0 radical (unpaired) electrons. The number of amides is 2. The number of piperidine rings is 1. The van der Waals surface area contributed by atoms with Crippen LogP contribution in [0.4, 0.5) is 4.79 Å². The molecule has 0 bridgehead atoms. The largest absolute Gasteiger partial charge is 0.336 e. The van der Waals surface area contributed by atoms with Gasteiger partial charge in [0.2, 0.25) is 0 Å². The van der Waals surface area contributed by atoms with Crippen molar-refractivity contribution in [3.63, 3.8) is 0 Å². The molecule has 5 nitrogen and oxygen atoms in total. The Labute approximate surface area is 110 Å². The van der Waals surface area contributed by atoms with Crippen LogP contribution in [0.15, 0.2) is 0 Å². The van der Waals surface area contributed by atoms with E-state index in [1.807, 2.05) is 11.8 Å². The Morgan fingerprint density at radius 3 is 2.72 bits per heavy atom. The predicted molar refractivity (Wildman–Crippen MR) is 72.3 cm³/mol. The van der Waals surface area contributed by atoms with Gasteiger partial charge in [-0.05, 0) is 32.1 Å². The van der Waals surface area contributed by atoms with E-state index < -0.39 is 9.84 Å². The topological polar surface area (TPSA) is 66.5 Å². The van der Waals surface area contributed by atoms with E-state index >= 15 is 0 Å². The third-order valence-corrected chi connectivity index (χ3v) is 4.21. The molecule has 2 amide bonds. The van der Waals surface area contributed by atoms with Crippen LogP contribution >= 0.6 is 0 Å². The molecule has 0 aliphatic carbocycles. The maximum Gasteiger partial charge on any atom is 0.317 e. The SMILES string of the molecule is C[C@@H]1CCCN(C(=O)N[C@@H](C)CCS(C)(=O)=O)C1. The minimum Gasteiger partial charge on any atom is -0.336 e. The van der Waals surface area contributed by atoms with Crippen molar-refractivity contribution >= 4 is 15.9 Å².